The number of benzene rings is 1. The first-order valence-corrected chi connectivity index (χ1v) is 5.35. The van der Waals surface area contributed by atoms with Crippen LogP contribution in [0.4, 0.5) is 11.4 Å². The average molecular weight is 235 g/mol. The molecule has 0 spiro atoms. The van der Waals surface area contributed by atoms with Gasteiger partial charge >= 0.3 is 0 Å². The van der Waals surface area contributed by atoms with Crippen molar-refractivity contribution in [2.75, 3.05) is 24.2 Å². The zero-order valence-electron chi connectivity index (χ0n) is 10.3. The van der Waals surface area contributed by atoms with Gasteiger partial charge in [0.25, 0.3) is 0 Å². The molecule has 1 aromatic carbocycles. The Labute approximate surface area is 101 Å². The zero-order valence-corrected chi connectivity index (χ0v) is 10.3. The summed E-state index contributed by atoms with van der Waals surface area (Å²) < 4.78 is 0. The fourth-order valence-electron chi connectivity index (χ4n) is 1.42. The second kappa shape index (κ2) is 6.00. The SMILES string of the molecule is CNCC(=O)Nc1cc(C)ccc1NC(C)=O. The van der Waals surface area contributed by atoms with E-state index < -0.39 is 0 Å². The second-order valence-electron chi connectivity index (χ2n) is 3.81. The van der Waals surface area contributed by atoms with Crippen molar-refractivity contribution in [3.63, 3.8) is 0 Å². The minimum Gasteiger partial charge on any atom is -0.325 e. The number of hydrogen-bond acceptors (Lipinski definition) is 3. The fourth-order valence-corrected chi connectivity index (χ4v) is 1.42. The third-order valence-corrected chi connectivity index (χ3v) is 2.10. The Bertz CT molecular complexity index is 430. The summed E-state index contributed by atoms with van der Waals surface area (Å²) in [6, 6.07) is 5.46. The van der Waals surface area contributed by atoms with E-state index in [1.165, 1.54) is 6.92 Å². The van der Waals surface area contributed by atoms with Gasteiger partial charge in [-0.15, -0.1) is 0 Å². The van der Waals surface area contributed by atoms with Crippen molar-refractivity contribution in [3.05, 3.63) is 23.8 Å². The maximum absolute atomic E-state index is 11.5. The van der Waals surface area contributed by atoms with Crippen molar-refractivity contribution in [2.45, 2.75) is 13.8 Å². The minimum atomic E-state index is -0.169. The van der Waals surface area contributed by atoms with Crippen molar-refractivity contribution in [1.29, 1.82) is 0 Å². The average Bonchev–Trinajstić information content (AvgIpc) is 2.22. The molecule has 0 aromatic heterocycles. The van der Waals surface area contributed by atoms with Crippen LogP contribution in [0.1, 0.15) is 12.5 Å². The predicted molar refractivity (Wildman–Crippen MR) is 68.0 cm³/mol. The van der Waals surface area contributed by atoms with Gasteiger partial charge in [-0.25, -0.2) is 0 Å². The van der Waals surface area contributed by atoms with Crippen LogP contribution in [0.3, 0.4) is 0 Å². The molecule has 5 nitrogen and oxygen atoms in total. The molecule has 17 heavy (non-hydrogen) atoms. The Hall–Kier alpha value is -1.88. The molecule has 0 bridgehead atoms. The Balaban J connectivity index is 2.90. The molecule has 0 aliphatic heterocycles. The quantitative estimate of drug-likeness (QED) is 0.732. The number of amides is 2. The zero-order chi connectivity index (χ0) is 12.8. The number of hydrogen-bond donors (Lipinski definition) is 3. The summed E-state index contributed by atoms with van der Waals surface area (Å²) in [5.41, 5.74) is 2.23. The van der Waals surface area contributed by atoms with E-state index in [-0.39, 0.29) is 18.4 Å². The van der Waals surface area contributed by atoms with E-state index in [0.29, 0.717) is 11.4 Å². The summed E-state index contributed by atoms with van der Waals surface area (Å²) in [5.74, 6) is -0.317. The topological polar surface area (TPSA) is 70.2 Å². The fraction of sp³-hybridized carbons (Fsp3) is 0.333. The first-order chi connectivity index (χ1) is 8.02. The molecule has 0 saturated carbocycles. The highest BCUT2D eigenvalue weighted by Crippen LogP contribution is 2.22. The number of carbonyl (C=O) groups excluding carboxylic acids is 2. The molecule has 2 amide bonds. The summed E-state index contributed by atoms with van der Waals surface area (Å²) in [5, 5.41) is 8.18. The van der Waals surface area contributed by atoms with Crippen molar-refractivity contribution in [1.82, 2.24) is 5.32 Å². The van der Waals surface area contributed by atoms with Crippen LogP contribution in [0.5, 0.6) is 0 Å². The minimum absolute atomic E-state index is 0.148. The van der Waals surface area contributed by atoms with Crippen LogP contribution in [0.25, 0.3) is 0 Å². The maximum atomic E-state index is 11.5. The number of nitrogens with one attached hydrogen (secondary N) is 3. The van der Waals surface area contributed by atoms with Gasteiger partial charge in [0.05, 0.1) is 17.9 Å². The van der Waals surface area contributed by atoms with Gasteiger partial charge in [0.15, 0.2) is 0 Å². The van der Waals surface area contributed by atoms with E-state index in [9.17, 15) is 9.59 Å². The summed E-state index contributed by atoms with van der Waals surface area (Å²) in [6.45, 7) is 3.58. The molecular weight excluding hydrogens is 218 g/mol. The lowest BCUT2D eigenvalue weighted by molar-refractivity contribution is -0.115. The van der Waals surface area contributed by atoms with E-state index in [4.69, 9.17) is 0 Å². The van der Waals surface area contributed by atoms with Crippen LogP contribution >= 0.6 is 0 Å². The third kappa shape index (κ3) is 4.24. The number of rotatable bonds is 4. The van der Waals surface area contributed by atoms with Crippen LogP contribution in [-0.2, 0) is 9.59 Å². The van der Waals surface area contributed by atoms with Gasteiger partial charge in [-0.1, -0.05) is 6.07 Å². The van der Waals surface area contributed by atoms with E-state index in [1.807, 2.05) is 19.1 Å². The molecule has 0 unspecified atom stereocenters. The van der Waals surface area contributed by atoms with E-state index in [2.05, 4.69) is 16.0 Å². The van der Waals surface area contributed by atoms with E-state index in [1.54, 1.807) is 13.1 Å². The van der Waals surface area contributed by atoms with Crippen LogP contribution in [-0.4, -0.2) is 25.4 Å². The number of anilines is 2. The first-order valence-electron chi connectivity index (χ1n) is 5.35. The second-order valence-corrected chi connectivity index (χ2v) is 3.81. The highest BCUT2D eigenvalue weighted by molar-refractivity contribution is 5.99. The Kier molecular flexibility index (Phi) is 4.66. The normalized spacial score (nSPS) is 9.82. The molecule has 0 atom stereocenters. The van der Waals surface area contributed by atoms with Gasteiger partial charge in [0, 0.05) is 6.92 Å². The maximum Gasteiger partial charge on any atom is 0.238 e. The van der Waals surface area contributed by atoms with Gasteiger partial charge in [-0.2, -0.15) is 0 Å². The summed E-state index contributed by atoms with van der Waals surface area (Å²) in [6.07, 6.45) is 0. The highest BCUT2D eigenvalue weighted by Gasteiger charge is 2.07. The molecule has 0 heterocycles. The lowest BCUT2D eigenvalue weighted by Crippen LogP contribution is -2.25. The first kappa shape index (κ1) is 13.2. The number of likely N-dealkylation sites (N-methyl/N-ethyl adjacent to an activating group) is 1. The van der Waals surface area contributed by atoms with Gasteiger partial charge in [-0.05, 0) is 31.7 Å². The molecule has 0 radical (unpaired) electrons. The third-order valence-electron chi connectivity index (χ3n) is 2.10. The van der Waals surface area contributed by atoms with Gasteiger partial charge in [0.1, 0.15) is 0 Å². The molecule has 1 aromatic rings. The molecule has 0 aliphatic rings. The Morgan fingerprint density at radius 2 is 1.88 bits per heavy atom. The molecule has 3 N–H and O–H groups in total. The van der Waals surface area contributed by atoms with Gasteiger partial charge in [0.2, 0.25) is 11.8 Å². The number of carbonyl (C=O) groups is 2. The lowest BCUT2D eigenvalue weighted by atomic mass is 10.2. The van der Waals surface area contributed by atoms with Crippen molar-refractivity contribution >= 4 is 23.2 Å². The Morgan fingerprint density at radius 1 is 1.18 bits per heavy atom. The molecule has 1 rings (SSSR count). The molecule has 0 aliphatic carbocycles. The van der Waals surface area contributed by atoms with Crippen molar-refractivity contribution in [2.24, 2.45) is 0 Å². The molecule has 0 saturated heterocycles. The van der Waals surface area contributed by atoms with Crippen molar-refractivity contribution in [3.8, 4) is 0 Å². The molecule has 5 heteroatoms. The van der Waals surface area contributed by atoms with E-state index in [0.717, 1.165) is 5.56 Å². The lowest BCUT2D eigenvalue weighted by Gasteiger charge is -2.12. The smallest absolute Gasteiger partial charge is 0.238 e. The van der Waals surface area contributed by atoms with E-state index >= 15 is 0 Å². The van der Waals surface area contributed by atoms with Crippen LogP contribution in [0.15, 0.2) is 18.2 Å². The number of aryl methyl sites for hydroxylation is 1. The van der Waals surface area contributed by atoms with Crippen LogP contribution in [0, 0.1) is 6.92 Å². The van der Waals surface area contributed by atoms with Gasteiger partial charge < -0.3 is 16.0 Å². The van der Waals surface area contributed by atoms with Crippen molar-refractivity contribution < 1.29 is 9.59 Å². The summed E-state index contributed by atoms with van der Waals surface area (Å²) in [4.78, 5) is 22.5. The monoisotopic (exact) mass is 235 g/mol. The van der Waals surface area contributed by atoms with Crippen LogP contribution in [0.2, 0.25) is 0 Å². The molecule has 0 fully saturated rings. The Morgan fingerprint density at radius 3 is 2.47 bits per heavy atom. The van der Waals surface area contributed by atoms with Gasteiger partial charge in [-0.3, -0.25) is 9.59 Å². The highest BCUT2D eigenvalue weighted by atomic mass is 16.2. The predicted octanol–water partition coefficient (Wildman–Crippen LogP) is 1.11. The molecular formula is C12H17N3O2. The largest absolute Gasteiger partial charge is 0.325 e. The van der Waals surface area contributed by atoms with Crippen LogP contribution < -0.4 is 16.0 Å². The molecule has 92 valence electrons. The summed E-state index contributed by atoms with van der Waals surface area (Å²) in [7, 11) is 1.70. The summed E-state index contributed by atoms with van der Waals surface area (Å²) >= 11 is 0. The standard InChI is InChI=1S/C12H17N3O2/c1-8-4-5-10(14-9(2)16)11(6-8)15-12(17)7-13-3/h4-6,13H,7H2,1-3H3,(H,14,16)(H,15,17).